The number of fused-ring (bicyclic) bond motifs is 1. The molecule has 0 atom stereocenters. The second-order valence-electron chi connectivity index (χ2n) is 6.41. The average Bonchev–Trinajstić information content (AvgIpc) is 2.98. The minimum atomic E-state index is -1.22. The Morgan fingerprint density at radius 1 is 0.690 bits per heavy atom. The molecule has 0 aliphatic carbocycles. The van der Waals surface area contributed by atoms with Crippen LogP contribution >= 0.6 is 0 Å². The minimum Gasteiger partial charge on any atom is -0.478 e. The van der Waals surface area contributed by atoms with Crippen LogP contribution in [0.15, 0.2) is 66.7 Å². The van der Waals surface area contributed by atoms with Gasteiger partial charge in [0.1, 0.15) is 0 Å². The Labute approximate surface area is 164 Å². The molecule has 1 aliphatic rings. The van der Waals surface area contributed by atoms with E-state index in [1.54, 1.807) is 30.3 Å². The molecule has 1 heterocycles. The van der Waals surface area contributed by atoms with Crippen molar-refractivity contribution in [2.24, 2.45) is 0 Å². The number of nitrogens with zero attached hydrogens (tertiary/aromatic N) is 1. The van der Waals surface area contributed by atoms with Gasteiger partial charge in [-0.2, -0.15) is 0 Å². The summed E-state index contributed by atoms with van der Waals surface area (Å²) in [5.74, 6) is -3.75. The summed E-state index contributed by atoms with van der Waals surface area (Å²) in [4.78, 5) is 49.3. The van der Waals surface area contributed by atoms with E-state index in [2.05, 4.69) is 0 Å². The number of carbonyl (C=O) groups excluding carboxylic acids is 2. The van der Waals surface area contributed by atoms with Gasteiger partial charge in [-0.05, 0) is 41.5 Å². The molecule has 4 rings (SSSR count). The number of amides is 2. The van der Waals surface area contributed by atoms with Gasteiger partial charge in [0, 0.05) is 0 Å². The number of hydrogen-bond acceptors (Lipinski definition) is 4. The van der Waals surface area contributed by atoms with Crippen molar-refractivity contribution in [3.05, 3.63) is 89.0 Å². The first-order chi connectivity index (χ1) is 13.9. The van der Waals surface area contributed by atoms with Gasteiger partial charge in [-0.1, -0.05) is 36.4 Å². The lowest BCUT2D eigenvalue weighted by Gasteiger charge is -2.16. The van der Waals surface area contributed by atoms with Crippen LogP contribution in [-0.4, -0.2) is 34.0 Å². The van der Waals surface area contributed by atoms with Gasteiger partial charge in [-0.3, -0.25) is 9.59 Å². The summed E-state index contributed by atoms with van der Waals surface area (Å²) in [7, 11) is 0. The molecule has 1 aliphatic heterocycles. The summed E-state index contributed by atoms with van der Waals surface area (Å²) < 4.78 is 0. The molecule has 7 heteroatoms. The van der Waals surface area contributed by atoms with E-state index in [1.807, 2.05) is 6.07 Å². The number of carboxylic acid groups (broad SMARTS) is 2. The normalized spacial score (nSPS) is 12.8. The summed E-state index contributed by atoms with van der Waals surface area (Å²) in [5.41, 5.74) is 1.11. The maximum Gasteiger partial charge on any atom is 0.336 e. The zero-order chi connectivity index (χ0) is 20.7. The largest absolute Gasteiger partial charge is 0.478 e. The lowest BCUT2D eigenvalue weighted by atomic mass is 9.99. The van der Waals surface area contributed by atoms with Crippen LogP contribution in [0.1, 0.15) is 41.4 Å². The molecular weight excluding hydrogens is 374 g/mol. The fraction of sp³-hybridized carbons (Fsp3) is 0. The first-order valence-electron chi connectivity index (χ1n) is 8.57. The van der Waals surface area contributed by atoms with Gasteiger partial charge in [0.25, 0.3) is 11.8 Å². The Morgan fingerprint density at radius 3 is 2.00 bits per heavy atom. The van der Waals surface area contributed by atoms with Gasteiger partial charge in [0.15, 0.2) is 0 Å². The van der Waals surface area contributed by atoms with Crippen molar-refractivity contribution < 1.29 is 29.4 Å². The number of aromatic carboxylic acids is 2. The van der Waals surface area contributed by atoms with Crippen molar-refractivity contribution in [2.45, 2.75) is 0 Å². The van der Waals surface area contributed by atoms with E-state index in [-0.39, 0.29) is 27.9 Å². The molecule has 29 heavy (non-hydrogen) atoms. The monoisotopic (exact) mass is 387 g/mol. The van der Waals surface area contributed by atoms with Crippen molar-refractivity contribution in [3.63, 3.8) is 0 Å². The molecule has 2 N–H and O–H groups in total. The zero-order valence-corrected chi connectivity index (χ0v) is 14.8. The van der Waals surface area contributed by atoms with Crippen molar-refractivity contribution in [1.29, 1.82) is 0 Å². The number of rotatable bonds is 4. The molecule has 7 nitrogen and oxygen atoms in total. The van der Waals surface area contributed by atoms with E-state index in [0.717, 1.165) is 11.0 Å². The maximum absolute atomic E-state index is 12.8. The van der Waals surface area contributed by atoms with Gasteiger partial charge in [-0.25, -0.2) is 14.5 Å². The van der Waals surface area contributed by atoms with Crippen LogP contribution in [0, 0.1) is 0 Å². The third-order valence-corrected chi connectivity index (χ3v) is 4.71. The molecule has 0 unspecified atom stereocenters. The Morgan fingerprint density at radius 2 is 1.34 bits per heavy atom. The highest BCUT2D eigenvalue weighted by Gasteiger charge is 2.37. The fourth-order valence-corrected chi connectivity index (χ4v) is 3.33. The quantitative estimate of drug-likeness (QED) is 0.662. The van der Waals surface area contributed by atoms with Crippen LogP contribution in [0.5, 0.6) is 0 Å². The molecule has 3 aromatic carbocycles. The summed E-state index contributed by atoms with van der Waals surface area (Å²) in [6.07, 6.45) is 0. The first kappa shape index (κ1) is 18.1. The lowest BCUT2D eigenvalue weighted by Crippen LogP contribution is -2.29. The lowest BCUT2D eigenvalue weighted by molar-refractivity contribution is 0.0686. The molecule has 0 saturated carbocycles. The average molecular weight is 387 g/mol. The number of anilines is 1. The second-order valence-corrected chi connectivity index (χ2v) is 6.41. The topological polar surface area (TPSA) is 112 Å². The van der Waals surface area contributed by atoms with Gasteiger partial charge >= 0.3 is 11.9 Å². The van der Waals surface area contributed by atoms with Crippen LogP contribution in [0.25, 0.3) is 11.1 Å². The summed E-state index contributed by atoms with van der Waals surface area (Å²) in [5, 5.41) is 18.8. The molecule has 0 radical (unpaired) electrons. The molecular formula is C22H13NO6. The van der Waals surface area contributed by atoms with Gasteiger partial charge in [-0.15, -0.1) is 0 Å². The predicted octanol–water partition coefficient (Wildman–Crippen LogP) is 3.55. The van der Waals surface area contributed by atoms with E-state index in [1.165, 1.54) is 24.3 Å². The van der Waals surface area contributed by atoms with Crippen LogP contribution in [0.2, 0.25) is 0 Å². The Balaban J connectivity index is 1.80. The van der Waals surface area contributed by atoms with E-state index in [4.69, 9.17) is 5.11 Å². The first-order valence-corrected chi connectivity index (χ1v) is 8.57. The van der Waals surface area contributed by atoms with Gasteiger partial charge in [0.05, 0.1) is 27.9 Å². The van der Waals surface area contributed by atoms with Crippen LogP contribution in [0.3, 0.4) is 0 Å². The second kappa shape index (κ2) is 6.72. The number of carbonyl (C=O) groups is 4. The van der Waals surface area contributed by atoms with E-state index in [9.17, 15) is 24.3 Å². The number of benzene rings is 3. The minimum absolute atomic E-state index is 0.0288. The van der Waals surface area contributed by atoms with E-state index in [0.29, 0.717) is 11.1 Å². The summed E-state index contributed by atoms with van der Waals surface area (Å²) in [6, 6.07) is 16.9. The predicted molar refractivity (Wildman–Crippen MR) is 103 cm³/mol. The van der Waals surface area contributed by atoms with Crippen LogP contribution in [-0.2, 0) is 0 Å². The van der Waals surface area contributed by atoms with Crippen molar-refractivity contribution in [2.75, 3.05) is 4.90 Å². The van der Waals surface area contributed by atoms with Crippen molar-refractivity contribution in [1.82, 2.24) is 0 Å². The van der Waals surface area contributed by atoms with E-state index < -0.39 is 23.8 Å². The summed E-state index contributed by atoms with van der Waals surface area (Å²) >= 11 is 0. The highest BCUT2D eigenvalue weighted by atomic mass is 16.4. The summed E-state index contributed by atoms with van der Waals surface area (Å²) in [6.45, 7) is 0. The van der Waals surface area contributed by atoms with Crippen molar-refractivity contribution in [3.8, 4) is 11.1 Å². The number of imide groups is 1. The molecule has 0 saturated heterocycles. The molecule has 0 aromatic heterocycles. The molecule has 142 valence electrons. The van der Waals surface area contributed by atoms with Gasteiger partial charge < -0.3 is 10.2 Å². The van der Waals surface area contributed by atoms with E-state index >= 15 is 0 Å². The number of hydrogen-bond donors (Lipinski definition) is 2. The Bertz CT molecular complexity index is 1200. The highest BCUT2D eigenvalue weighted by molar-refractivity contribution is 6.34. The standard InChI is InChI=1S/C22H13NO6/c24-19-16-8-6-13(21(26)27)10-17(16)20(25)23(19)14-7-9-15(18(11-14)22(28)29)12-4-2-1-3-5-12/h1-11H,(H,26,27)(H,28,29). The van der Waals surface area contributed by atoms with Gasteiger partial charge in [0.2, 0.25) is 0 Å². The third kappa shape index (κ3) is 2.94. The Kier molecular flexibility index (Phi) is 4.20. The zero-order valence-electron chi connectivity index (χ0n) is 14.8. The van der Waals surface area contributed by atoms with Crippen LogP contribution < -0.4 is 4.90 Å². The highest BCUT2D eigenvalue weighted by Crippen LogP contribution is 2.33. The molecule has 3 aromatic rings. The third-order valence-electron chi connectivity index (χ3n) is 4.71. The van der Waals surface area contributed by atoms with Crippen molar-refractivity contribution >= 4 is 29.4 Å². The number of carboxylic acids is 2. The fourth-order valence-electron chi connectivity index (χ4n) is 3.33. The van der Waals surface area contributed by atoms with Crippen LogP contribution in [0.4, 0.5) is 5.69 Å². The smallest absolute Gasteiger partial charge is 0.336 e. The molecule has 2 amide bonds. The molecule has 0 spiro atoms. The molecule has 0 bridgehead atoms. The Hall–Kier alpha value is -4.26. The maximum atomic E-state index is 12.8. The SMILES string of the molecule is O=C(O)c1ccc2c(c1)C(=O)N(c1ccc(-c3ccccc3)c(C(=O)O)c1)C2=O. The molecule has 0 fully saturated rings.